The predicted molar refractivity (Wildman–Crippen MR) is 70.9 cm³/mol. The molecule has 0 aliphatic carbocycles. The molecule has 18 heavy (non-hydrogen) atoms. The van der Waals surface area contributed by atoms with E-state index in [4.69, 9.17) is 17.3 Å². The largest absolute Gasteiger partial charge is 0.340 e. The summed E-state index contributed by atoms with van der Waals surface area (Å²) in [6.07, 6.45) is 0. The van der Waals surface area contributed by atoms with Crippen molar-refractivity contribution >= 4 is 35.6 Å². The van der Waals surface area contributed by atoms with Gasteiger partial charge in [-0.15, -0.1) is 12.4 Å². The molecule has 0 aliphatic heterocycles. The molecule has 6 nitrogen and oxygen atoms in total. The molecule has 1 rings (SSSR count). The first kappa shape index (κ1) is 16.6. The highest BCUT2D eigenvalue weighted by atomic mass is 35.5. The number of hydrogen-bond donors (Lipinski definition) is 1. The Morgan fingerprint density at radius 3 is 2.67 bits per heavy atom. The molecule has 0 bridgehead atoms. The van der Waals surface area contributed by atoms with Crippen LogP contribution in [0.25, 0.3) is 0 Å². The number of halogens is 2. The quantitative estimate of drug-likeness (QED) is 0.674. The molecule has 0 aliphatic rings. The van der Waals surface area contributed by atoms with Crippen molar-refractivity contribution in [2.75, 3.05) is 13.6 Å². The van der Waals surface area contributed by atoms with Crippen LogP contribution in [0, 0.1) is 10.1 Å². The van der Waals surface area contributed by atoms with Crippen molar-refractivity contribution in [3.63, 3.8) is 0 Å². The second-order valence-electron chi connectivity index (χ2n) is 3.49. The fourth-order valence-corrected chi connectivity index (χ4v) is 1.47. The molecule has 0 unspecified atom stereocenters. The monoisotopic (exact) mass is 293 g/mol. The molecule has 0 heterocycles. The molecular formula is C10H13Cl2N3O3. The van der Waals surface area contributed by atoms with Crippen molar-refractivity contribution in [3.8, 4) is 0 Å². The average Bonchev–Trinajstić information content (AvgIpc) is 2.30. The van der Waals surface area contributed by atoms with Gasteiger partial charge >= 0.3 is 0 Å². The van der Waals surface area contributed by atoms with Gasteiger partial charge in [-0.05, 0) is 11.6 Å². The van der Waals surface area contributed by atoms with Crippen molar-refractivity contribution in [1.82, 2.24) is 4.90 Å². The van der Waals surface area contributed by atoms with Crippen LogP contribution in [0.3, 0.4) is 0 Å². The number of non-ortho nitro benzene ring substituents is 1. The predicted octanol–water partition coefficient (Wildman–Crippen LogP) is 1.59. The number of hydrogen-bond acceptors (Lipinski definition) is 4. The number of carbonyl (C=O) groups excluding carboxylic acids is 1. The summed E-state index contributed by atoms with van der Waals surface area (Å²) < 4.78 is 0. The third-order valence-electron chi connectivity index (χ3n) is 2.25. The van der Waals surface area contributed by atoms with Gasteiger partial charge in [-0.2, -0.15) is 0 Å². The van der Waals surface area contributed by atoms with Gasteiger partial charge in [0.1, 0.15) is 0 Å². The van der Waals surface area contributed by atoms with Gasteiger partial charge in [0.05, 0.1) is 11.5 Å². The summed E-state index contributed by atoms with van der Waals surface area (Å²) in [5.74, 6) is -0.257. The fraction of sp³-hybridized carbons (Fsp3) is 0.300. The zero-order chi connectivity index (χ0) is 13.0. The van der Waals surface area contributed by atoms with Crippen LogP contribution in [0.15, 0.2) is 18.2 Å². The van der Waals surface area contributed by atoms with Gasteiger partial charge < -0.3 is 10.6 Å². The molecule has 0 saturated carbocycles. The Kier molecular flexibility index (Phi) is 6.61. The Labute approximate surface area is 115 Å². The minimum atomic E-state index is -0.509. The van der Waals surface area contributed by atoms with Gasteiger partial charge in [0.15, 0.2) is 0 Å². The Hall–Kier alpha value is -1.37. The lowest BCUT2D eigenvalue weighted by Gasteiger charge is -2.16. The number of nitro benzene ring substituents is 1. The van der Waals surface area contributed by atoms with Crippen LogP contribution in [0.4, 0.5) is 5.69 Å². The van der Waals surface area contributed by atoms with E-state index in [2.05, 4.69) is 0 Å². The number of nitro groups is 1. The summed E-state index contributed by atoms with van der Waals surface area (Å²) in [7, 11) is 1.56. The van der Waals surface area contributed by atoms with E-state index in [9.17, 15) is 14.9 Å². The smallest absolute Gasteiger partial charge is 0.269 e. The highest BCUT2D eigenvalue weighted by Crippen LogP contribution is 2.23. The standard InChI is InChI=1S/C10H12ClN3O3.ClH/c1-13(10(15)5-12)6-7-4-8(14(16)17)2-3-9(7)11;/h2-4H,5-6,12H2,1H3;1H. The zero-order valence-electron chi connectivity index (χ0n) is 9.63. The summed E-state index contributed by atoms with van der Waals surface area (Å²) >= 11 is 5.90. The van der Waals surface area contributed by atoms with Crippen LogP contribution >= 0.6 is 24.0 Å². The van der Waals surface area contributed by atoms with E-state index in [0.29, 0.717) is 10.6 Å². The maximum Gasteiger partial charge on any atom is 0.269 e. The third-order valence-corrected chi connectivity index (χ3v) is 2.62. The molecule has 0 spiro atoms. The maximum atomic E-state index is 11.3. The van der Waals surface area contributed by atoms with E-state index in [1.165, 1.54) is 23.1 Å². The summed E-state index contributed by atoms with van der Waals surface area (Å²) in [4.78, 5) is 22.7. The van der Waals surface area contributed by atoms with Crippen LogP contribution in [0.5, 0.6) is 0 Å². The van der Waals surface area contributed by atoms with Gasteiger partial charge in [0, 0.05) is 30.7 Å². The van der Waals surface area contributed by atoms with E-state index in [-0.39, 0.29) is 37.1 Å². The molecule has 0 saturated heterocycles. The third kappa shape index (κ3) is 4.14. The topological polar surface area (TPSA) is 89.5 Å². The fourth-order valence-electron chi connectivity index (χ4n) is 1.30. The first-order chi connectivity index (χ1) is 7.95. The van der Waals surface area contributed by atoms with Crippen LogP contribution < -0.4 is 5.73 Å². The number of nitrogens with zero attached hydrogens (tertiary/aromatic N) is 2. The van der Waals surface area contributed by atoms with Gasteiger partial charge in [-0.1, -0.05) is 11.6 Å². The molecule has 0 radical (unpaired) electrons. The lowest BCUT2D eigenvalue weighted by atomic mass is 10.2. The number of benzene rings is 1. The van der Waals surface area contributed by atoms with E-state index in [0.717, 1.165) is 0 Å². The molecular weight excluding hydrogens is 281 g/mol. The molecule has 2 N–H and O–H groups in total. The first-order valence-electron chi connectivity index (χ1n) is 4.82. The van der Waals surface area contributed by atoms with E-state index in [1.807, 2.05) is 0 Å². The Bertz CT molecular complexity index is 454. The van der Waals surface area contributed by atoms with Crippen molar-refractivity contribution < 1.29 is 9.72 Å². The van der Waals surface area contributed by atoms with Crippen molar-refractivity contribution in [2.24, 2.45) is 5.73 Å². The van der Waals surface area contributed by atoms with Crippen LogP contribution in [-0.2, 0) is 11.3 Å². The number of nitrogens with two attached hydrogens (primary N) is 1. The highest BCUT2D eigenvalue weighted by molar-refractivity contribution is 6.31. The number of likely N-dealkylation sites (N-methyl/N-ethyl adjacent to an activating group) is 1. The molecule has 1 aromatic rings. The molecule has 8 heteroatoms. The second-order valence-corrected chi connectivity index (χ2v) is 3.89. The van der Waals surface area contributed by atoms with Crippen molar-refractivity contribution in [2.45, 2.75) is 6.54 Å². The minimum absolute atomic E-state index is 0. The molecule has 0 atom stereocenters. The number of carbonyl (C=O) groups is 1. The molecule has 100 valence electrons. The summed E-state index contributed by atoms with van der Waals surface area (Å²) in [6.45, 7) is 0.0829. The van der Waals surface area contributed by atoms with Gasteiger partial charge in [-0.25, -0.2) is 0 Å². The molecule has 0 aromatic heterocycles. The Morgan fingerprint density at radius 2 is 2.17 bits per heavy atom. The SMILES string of the molecule is CN(Cc1cc([N+](=O)[O-])ccc1Cl)C(=O)CN.Cl. The van der Waals surface area contributed by atoms with Crippen molar-refractivity contribution in [3.05, 3.63) is 38.9 Å². The molecule has 0 fully saturated rings. The van der Waals surface area contributed by atoms with Gasteiger partial charge in [0.2, 0.25) is 5.91 Å². The lowest BCUT2D eigenvalue weighted by Crippen LogP contribution is -2.32. The van der Waals surface area contributed by atoms with E-state index in [1.54, 1.807) is 7.05 Å². The lowest BCUT2D eigenvalue weighted by molar-refractivity contribution is -0.384. The van der Waals surface area contributed by atoms with Crippen molar-refractivity contribution in [1.29, 1.82) is 0 Å². The first-order valence-corrected chi connectivity index (χ1v) is 5.20. The van der Waals surface area contributed by atoms with Crippen LogP contribution in [0.1, 0.15) is 5.56 Å². The van der Waals surface area contributed by atoms with E-state index >= 15 is 0 Å². The van der Waals surface area contributed by atoms with E-state index < -0.39 is 4.92 Å². The normalized spacial score (nSPS) is 9.50. The summed E-state index contributed by atoms with van der Waals surface area (Å²) in [6, 6.07) is 4.11. The molecule has 1 amide bonds. The zero-order valence-corrected chi connectivity index (χ0v) is 11.2. The van der Waals surface area contributed by atoms with Gasteiger partial charge in [0.25, 0.3) is 5.69 Å². The Balaban J connectivity index is 0.00000289. The van der Waals surface area contributed by atoms with Gasteiger partial charge in [-0.3, -0.25) is 14.9 Å². The summed E-state index contributed by atoms with van der Waals surface area (Å²) in [5, 5.41) is 11.0. The average molecular weight is 294 g/mol. The number of amides is 1. The van der Waals surface area contributed by atoms with Crippen LogP contribution in [-0.4, -0.2) is 29.3 Å². The second kappa shape index (κ2) is 7.15. The van der Waals surface area contributed by atoms with Crippen LogP contribution in [0.2, 0.25) is 5.02 Å². The maximum absolute atomic E-state index is 11.3. The number of rotatable bonds is 4. The minimum Gasteiger partial charge on any atom is -0.340 e. The highest BCUT2D eigenvalue weighted by Gasteiger charge is 2.13. The summed E-state index contributed by atoms with van der Waals surface area (Å²) in [5.41, 5.74) is 5.67. The Morgan fingerprint density at radius 1 is 1.56 bits per heavy atom. The molecule has 1 aromatic carbocycles.